The van der Waals surface area contributed by atoms with E-state index in [1.54, 1.807) is 0 Å². The van der Waals surface area contributed by atoms with Gasteiger partial charge in [0.2, 0.25) is 0 Å². The SMILES string of the molecule is CCN(CC)CCCn1c(C(C)Cl)nc2cccc(Cl)c21. The van der Waals surface area contributed by atoms with Gasteiger partial charge >= 0.3 is 0 Å². The molecule has 2 rings (SSSR count). The van der Waals surface area contributed by atoms with E-state index < -0.39 is 0 Å². The van der Waals surface area contributed by atoms with Crippen LogP contribution in [0.3, 0.4) is 0 Å². The zero-order valence-corrected chi connectivity index (χ0v) is 14.5. The lowest BCUT2D eigenvalue weighted by molar-refractivity contribution is 0.293. The van der Waals surface area contributed by atoms with Crippen LogP contribution in [-0.2, 0) is 6.54 Å². The molecule has 1 atom stereocenters. The molecule has 1 unspecified atom stereocenters. The number of imidazole rings is 1. The Morgan fingerprint density at radius 2 is 2.00 bits per heavy atom. The molecule has 3 nitrogen and oxygen atoms in total. The number of alkyl halides is 1. The fourth-order valence-electron chi connectivity index (χ4n) is 2.68. The van der Waals surface area contributed by atoms with Crippen molar-refractivity contribution in [3.8, 4) is 0 Å². The number of nitrogens with zero attached hydrogens (tertiary/aromatic N) is 3. The Labute approximate surface area is 136 Å². The normalized spacial score (nSPS) is 13.2. The van der Waals surface area contributed by atoms with Gasteiger partial charge in [-0.25, -0.2) is 4.98 Å². The maximum absolute atomic E-state index is 6.36. The summed E-state index contributed by atoms with van der Waals surface area (Å²) in [5.74, 6) is 0.902. The number of hydrogen-bond donors (Lipinski definition) is 0. The zero-order chi connectivity index (χ0) is 15.4. The lowest BCUT2D eigenvalue weighted by Crippen LogP contribution is -2.25. The Hall–Kier alpha value is -0.770. The van der Waals surface area contributed by atoms with Gasteiger partial charge in [-0.15, -0.1) is 11.6 Å². The predicted octanol–water partition coefficient (Wildman–Crippen LogP) is 4.72. The van der Waals surface area contributed by atoms with E-state index in [0.717, 1.165) is 54.5 Å². The number of para-hydroxylation sites is 1. The molecule has 0 fully saturated rings. The van der Waals surface area contributed by atoms with Crippen molar-refractivity contribution in [2.45, 2.75) is 39.1 Å². The van der Waals surface area contributed by atoms with Crippen LogP contribution in [0.1, 0.15) is 38.4 Å². The summed E-state index contributed by atoms with van der Waals surface area (Å²) in [6, 6.07) is 5.83. The Morgan fingerprint density at radius 3 is 2.62 bits per heavy atom. The third-order valence-corrected chi connectivity index (χ3v) is 4.35. The highest BCUT2D eigenvalue weighted by Gasteiger charge is 2.16. The summed E-state index contributed by atoms with van der Waals surface area (Å²) in [7, 11) is 0. The summed E-state index contributed by atoms with van der Waals surface area (Å²) in [6.07, 6.45) is 1.06. The first-order chi connectivity index (χ1) is 10.1. The molecule has 1 aromatic carbocycles. The maximum atomic E-state index is 6.36. The van der Waals surface area contributed by atoms with E-state index in [9.17, 15) is 0 Å². The van der Waals surface area contributed by atoms with Crippen LogP contribution in [0.4, 0.5) is 0 Å². The van der Waals surface area contributed by atoms with E-state index in [2.05, 4.69) is 28.3 Å². The minimum Gasteiger partial charge on any atom is -0.325 e. The van der Waals surface area contributed by atoms with Crippen LogP contribution in [0, 0.1) is 0 Å². The fraction of sp³-hybridized carbons (Fsp3) is 0.562. The van der Waals surface area contributed by atoms with E-state index in [0.29, 0.717) is 0 Å². The van der Waals surface area contributed by atoms with E-state index in [1.807, 2.05) is 25.1 Å². The van der Waals surface area contributed by atoms with E-state index in [1.165, 1.54) is 0 Å². The third kappa shape index (κ3) is 3.71. The molecule has 0 aliphatic carbocycles. The number of rotatable bonds is 7. The number of benzene rings is 1. The van der Waals surface area contributed by atoms with Gasteiger partial charge in [-0.2, -0.15) is 0 Å². The van der Waals surface area contributed by atoms with Gasteiger partial charge in [0, 0.05) is 6.54 Å². The van der Waals surface area contributed by atoms with Gasteiger partial charge in [0.25, 0.3) is 0 Å². The van der Waals surface area contributed by atoms with Crippen molar-refractivity contribution < 1.29 is 0 Å². The van der Waals surface area contributed by atoms with Gasteiger partial charge in [0.15, 0.2) is 0 Å². The van der Waals surface area contributed by atoms with Gasteiger partial charge in [0.1, 0.15) is 5.82 Å². The molecule has 0 aliphatic rings. The van der Waals surface area contributed by atoms with Gasteiger partial charge in [-0.1, -0.05) is 31.5 Å². The van der Waals surface area contributed by atoms with Crippen molar-refractivity contribution in [2.24, 2.45) is 0 Å². The molecule has 0 saturated heterocycles. The number of aryl methyl sites for hydroxylation is 1. The summed E-state index contributed by atoms with van der Waals surface area (Å²) < 4.78 is 2.18. The molecule has 0 radical (unpaired) electrons. The Kier molecular flexibility index (Phi) is 5.91. The molecule has 0 spiro atoms. The van der Waals surface area contributed by atoms with Crippen LogP contribution in [0.2, 0.25) is 5.02 Å². The largest absolute Gasteiger partial charge is 0.325 e. The van der Waals surface area contributed by atoms with Crippen molar-refractivity contribution in [2.75, 3.05) is 19.6 Å². The minimum atomic E-state index is -0.123. The van der Waals surface area contributed by atoms with Crippen molar-refractivity contribution in [1.82, 2.24) is 14.5 Å². The summed E-state index contributed by atoms with van der Waals surface area (Å²) in [4.78, 5) is 7.07. The van der Waals surface area contributed by atoms with Crippen molar-refractivity contribution in [3.05, 3.63) is 29.0 Å². The Balaban J connectivity index is 2.26. The first kappa shape index (κ1) is 16.6. The van der Waals surface area contributed by atoms with E-state index in [-0.39, 0.29) is 5.38 Å². The topological polar surface area (TPSA) is 21.1 Å². The van der Waals surface area contributed by atoms with E-state index >= 15 is 0 Å². The zero-order valence-electron chi connectivity index (χ0n) is 12.9. The smallest absolute Gasteiger partial charge is 0.127 e. The molecule has 116 valence electrons. The molecular weight excluding hydrogens is 305 g/mol. The Bertz CT molecular complexity index is 588. The second-order valence-electron chi connectivity index (χ2n) is 5.23. The Morgan fingerprint density at radius 1 is 1.29 bits per heavy atom. The molecule has 0 saturated carbocycles. The molecule has 0 amide bonds. The van der Waals surface area contributed by atoms with Crippen molar-refractivity contribution in [3.63, 3.8) is 0 Å². The molecule has 0 aliphatic heterocycles. The van der Waals surface area contributed by atoms with Crippen molar-refractivity contribution in [1.29, 1.82) is 0 Å². The van der Waals surface area contributed by atoms with Crippen LogP contribution in [0.5, 0.6) is 0 Å². The van der Waals surface area contributed by atoms with Crippen molar-refractivity contribution >= 4 is 34.2 Å². The summed E-state index contributed by atoms with van der Waals surface area (Å²) in [5, 5.41) is 0.619. The first-order valence-corrected chi connectivity index (χ1v) is 8.41. The number of hydrogen-bond acceptors (Lipinski definition) is 2. The molecule has 0 N–H and O–H groups in total. The molecule has 2 aromatic rings. The number of fused-ring (bicyclic) bond motifs is 1. The summed E-state index contributed by atoms with van der Waals surface area (Å²) >= 11 is 12.7. The standard InChI is InChI=1S/C16H23Cl2N3/c1-4-20(5-2)10-7-11-21-15-13(18)8-6-9-14(15)19-16(21)12(3)17/h6,8-9,12H,4-5,7,10-11H2,1-3H3. The van der Waals surface area contributed by atoms with Crippen LogP contribution >= 0.6 is 23.2 Å². The lowest BCUT2D eigenvalue weighted by Gasteiger charge is -2.18. The van der Waals surface area contributed by atoms with Gasteiger partial charge in [-0.3, -0.25) is 0 Å². The molecule has 1 aromatic heterocycles. The highest BCUT2D eigenvalue weighted by molar-refractivity contribution is 6.35. The van der Waals surface area contributed by atoms with Crippen LogP contribution in [0.25, 0.3) is 11.0 Å². The number of halogens is 2. The minimum absolute atomic E-state index is 0.123. The molecular formula is C16H23Cl2N3. The van der Waals surface area contributed by atoms with Gasteiger partial charge < -0.3 is 9.47 Å². The highest BCUT2D eigenvalue weighted by atomic mass is 35.5. The predicted molar refractivity (Wildman–Crippen MR) is 91.4 cm³/mol. The second-order valence-corrected chi connectivity index (χ2v) is 6.29. The summed E-state index contributed by atoms with van der Waals surface area (Å²) in [6.45, 7) is 10.5. The molecule has 5 heteroatoms. The first-order valence-electron chi connectivity index (χ1n) is 7.59. The highest BCUT2D eigenvalue weighted by Crippen LogP contribution is 2.29. The monoisotopic (exact) mass is 327 g/mol. The second kappa shape index (κ2) is 7.48. The fourth-order valence-corrected chi connectivity index (χ4v) is 3.12. The van der Waals surface area contributed by atoms with Crippen LogP contribution in [0.15, 0.2) is 18.2 Å². The van der Waals surface area contributed by atoms with Crippen LogP contribution in [-0.4, -0.2) is 34.1 Å². The average molecular weight is 328 g/mol. The third-order valence-electron chi connectivity index (χ3n) is 3.85. The van der Waals surface area contributed by atoms with E-state index in [4.69, 9.17) is 23.2 Å². The maximum Gasteiger partial charge on any atom is 0.127 e. The quantitative estimate of drug-likeness (QED) is 0.686. The number of aromatic nitrogens is 2. The molecule has 1 heterocycles. The lowest BCUT2D eigenvalue weighted by atomic mass is 10.3. The summed E-state index contributed by atoms with van der Waals surface area (Å²) in [5.41, 5.74) is 1.93. The van der Waals surface area contributed by atoms with Gasteiger partial charge in [-0.05, 0) is 45.1 Å². The molecule has 21 heavy (non-hydrogen) atoms. The van der Waals surface area contributed by atoms with Crippen LogP contribution < -0.4 is 0 Å². The average Bonchev–Trinajstić information content (AvgIpc) is 2.84. The van der Waals surface area contributed by atoms with Gasteiger partial charge in [0.05, 0.1) is 21.4 Å². The molecule has 0 bridgehead atoms.